The van der Waals surface area contributed by atoms with Gasteiger partial charge in [-0.3, -0.25) is 0 Å². The molecular formula is C11H19N. The second-order valence-corrected chi connectivity index (χ2v) is 4.66. The maximum Gasteiger partial charge on any atom is 0.0310 e. The van der Waals surface area contributed by atoms with Gasteiger partial charge in [0.25, 0.3) is 0 Å². The quantitative estimate of drug-likeness (QED) is 0.587. The van der Waals surface area contributed by atoms with Crippen LogP contribution < -0.4 is 5.73 Å². The van der Waals surface area contributed by atoms with Crippen molar-refractivity contribution < 1.29 is 0 Å². The van der Waals surface area contributed by atoms with Crippen LogP contribution in [0.15, 0.2) is 23.4 Å². The molecule has 0 radical (unpaired) electrons. The van der Waals surface area contributed by atoms with Crippen LogP contribution in [0.1, 0.15) is 34.1 Å². The maximum absolute atomic E-state index is 5.95. The third-order valence-electron chi connectivity index (χ3n) is 2.40. The summed E-state index contributed by atoms with van der Waals surface area (Å²) in [6.07, 6.45) is 5.34. The van der Waals surface area contributed by atoms with Gasteiger partial charge in [0.1, 0.15) is 0 Å². The molecule has 68 valence electrons. The van der Waals surface area contributed by atoms with Crippen LogP contribution in [0.4, 0.5) is 0 Å². The summed E-state index contributed by atoms with van der Waals surface area (Å²) in [6.45, 7) is 8.93. The van der Waals surface area contributed by atoms with E-state index in [-0.39, 0.29) is 5.41 Å². The minimum Gasteiger partial charge on any atom is -0.399 e. The third kappa shape index (κ3) is 1.71. The van der Waals surface area contributed by atoms with Crippen molar-refractivity contribution in [3.05, 3.63) is 23.4 Å². The fraction of sp³-hybridized carbons (Fsp3) is 0.636. The molecule has 0 amide bonds. The van der Waals surface area contributed by atoms with Crippen LogP contribution in [0.5, 0.6) is 0 Å². The van der Waals surface area contributed by atoms with Crippen LogP contribution in [-0.2, 0) is 0 Å². The highest BCUT2D eigenvalue weighted by Gasteiger charge is 2.25. The Kier molecular flexibility index (Phi) is 2.31. The summed E-state index contributed by atoms with van der Waals surface area (Å²) < 4.78 is 0. The monoisotopic (exact) mass is 165 g/mol. The Hall–Kier alpha value is -0.720. The Morgan fingerprint density at radius 3 is 2.33 bits per heavy atom. The van der Waals surface area contributed by atoms with Gasteiger partial charge in [0.15, 0.2) is 0 Å². The van der Waals surface area contributed by atoms with Crippen molar-refractivity contribution in [2.75, 3.05) is 0 Å². The highest BCUT2D eigenvalue weighted by atomic mass is 14.6. The smallest absolute Gasteiger partial charge is 0.0310 e. The molecule has 1 aliphatic rings. The molecule has 0 aromatic carbocycles. The van der Waals surface area contributed by atoms with Gasteiger partial charge in [-0.25, -0.2) is 0 Å². The molecule has 12 heavy (non-hydrogen) atoms. The van der Waals surface area contributed by atoms with Crippen molar-refractivity contribution in [3.63, 3.8) is 0 Å². The van der Waals surface area contributed by atoms with Crippen LogP contribution in [-0.4, -0.2) is 0 Å². The molecule has 0 spiro atoms. The first-order chi connectivity index (χ1) is 5.43. The number of allylic oxidation sites excluding steroid dienone is 3. The van der Waals surface area contributed by atoms with E-state index in [9.17, 15) is 0 Å². The molecule has 0 saturated carbocycles. The largest absolute Gasteiger partial charge is 0.399 e. The lowest BCUT2D eigenvalue weighted by molar-refractivity contribution is 0.427. The zero-order valence-corrected chi connectivity index (χ0v) is 8.52. The first-order valence-corrected chi connectivity index (χ1v) is 4.59. The summed E-state index contributed by atoms with van der Waals surface area (Å²) in [7, 11) is 0. The van der Waals surface area contributed by atoms with Crippen LogP contribution >= 0.6 is 0 Å². The van der Waals surface area contributed by atoms with Crippen molar-refractivity contribution >= 4 is 0 Å². The molecule has 0 bridgehead atoms. The molecule has 1 unspecified atom stereocenters. The number of hydrogen-bond acceptors (Lipinski definition) is 1. The van der Waals surface area contributed by atoms with Gasteiger partial charge < -0.3 is 5.73 Å². The predicted molar refractivity (Wildman–Crippen MR) is 53.6 cm³/mol. The van der Waals surface area contributed by atoms with E-state index in [2.05, 4.69) is 33.8 Å². The minimum absolute atomic E-state index is 0.217. The molecule has 2 N–H and O–H groups in total. The molecule has 0 aliphatic heterocycles. The third-order valence-corrected chi connectivity index (χ3v) is 2.40. The Balaban J connectivity index is 3.05. The summed E-state index contributed by atoms with van der Waals surface area (Å²) in [5, 5.41) is 0. The first kappa shape index (κ1) is 9.37. The van der Waals surface area contributed by atoms with Crippen molar-refractivity contribution in [1.29, 1.82) is 0 Å². The lowest BCUT2D eigenvalue weighted by atomic mass is 9.75. The molecule has 0 saturated heterocycles. The van der Waals surface area contributed by atoms with Crippen LogP contribution in [0, 0.1) is 11.3 Å². The standard InChI is InChI=1S/C11H19N/c1-8-6-5-7-9(12)10(8)11(2,3)4/h5,7-8H,6,12H2,1-4H3. The Morgan fingerprint density at radius 1 is 1.42 bits per heavy atom. The second kappa shape index (κ2) is 2.96. The molecule has 1 nitrogen and oxygen atoms in total. The molecule has 0 fully saturated rings. The first-order valence-electron chi connectivity index (χ1n) is 4.59. The average molecular weight is 165 g/mol. The zero-order chi connectivity index (χ0) is 9.35. The Morgan fingerprint density at radius 2 is 2.00 bits per heavy atom. The van der Waals surface area contributed by atoms with E-state index in [1.165, 1.54) is 5.57 Å². The van der Waals surface area contributed by atoms with Gasteiger partial charge in [-0.05, 0) is 29.4 Å². The molecular weight excluding hydrogens is 146 g/mol. The number of rotatable bonds is 0. The summed E-state index contributed by atoms with van der Waals surface area (Å²) in [6, 6.07) is 0. The van der Waals surface area contributed by atoms with Gasteiger partial charge in [0.05, 0.1) is 0 Å². The van der Waals surface area contributed by atoms with Gasteiger partial charge in [0.2, 0.25) is 0 Å². The molecule has 1 heteroatoms. The summed E-state index contributed by atoms with van der Waals surface area (Å²) in [5.41, 5.74) is 8.55. The van der Waals surface area contributed by atoms with E-state index in [1.807, 2.05) is 6.08 Å². The summed E-state index contributed by atoms with van der Waals surface area (Å²) in [5.74, 6) is 0.606. The summed E-state index contributed by atoms with van der Waals surface area (Å²) in [4.78, 5) is 0. The van der Waals surface area contributed by atoms with Crippen molar-refractivity contribution in [1.82, 2.24) is 0 Å². The fourth-order valence-electron chi connectivity index (χ4n) is 2.06. The average Bonchev–Trinajstić information content (AvgIpc) is 1.82. The molecule has 0 heterocycles. The van der Waals surface area contributed by atoms with Crippen LogP contribution in [0.3, 0.4) is 0 Å². The fourth-order valence-corrected chi connectivity index (χ4v) is 2.06. The van der Waals surface area contributed by atoms with E-state index in [4.69, 9.17) is 5.73 Å². The van der Waals surface area contributed by atoms with E-state index >= 15 is 0 Å². The molecule has 1 aliphatic carbocycles. The number of hydrogen-bond donors (Lipinski definition) is 1. The normalized spacial score (nSPS) is 24.8. The van der Waals surface area contributed by atoms with E-state index in [1.54, 1.807) is 0 Å². The van der Waals surface area contributed by atoms with E-state index < -0.39 is 0 Å². The highest BCUT2D eigenvalue weighted by Crippen LogP contribution is 2.36. The summed E-state index contributed by atoms with van der Waals surface area (Å²) >= 11 is 0. The molecule has 1 atom stereocenters. The predicted octanol–water partition coefficient (Wildman–Crippen LogP) is 2.84. The SMILES string of the molecule is CC1CC=CC(N)=C1C(C)(C)C. The molecule has 0 aromatic rings. The van der Waals surface area contributed by atoms with Gasteiger partial charge in [0, 0.05) is 5.70 Å². The Labute approximate surface area is 75.3 Å². The molecule has 1 rings (SSSR count). The van der Waals surface area contributed by atoms with Gasteiger partial charge in [-0.1, -0.05) is 33.8 Å². The lowest BCUT2D eigenvalue weighted by Crippen LogP contribution is -2.22. The minimum atomic E-state index is 0.217. The highest BCUT2D eigenvalue weighted by molar-refractivity contribution is 5.32. The lowest BCUT2D eigenvalue weighted by Gasteiger charge is -2.31. The molecule has 0 aromatic heterocycles. The van der Waals surface area contributed by atoms with Crippen LogP contribution in [0.25, 0.3) is 0 Å². The van der Waals surface area contributed by atoms with Gasteiger partial charge in [-0.15, -0.1) is 0 Å². The van der Waals surface area contributed by atoms with Crippen molar-refractivity contribution in [2.45, 2.75) is 34.1 Å². The van der Waals surface area contributed by atoms with Gasteiger partial charge >= 0.3 is 0 Å². The van der Waals surface area contributed by atoms with E-state index in [0.717, 1.165) is 12.1 Å². The zero-order valence-electron chi connectivity index (χ0n) is 8.52. The van der Waals surface area contributed by atoms with E-state index in [0.29, 0.717) is 5.92 Å². The van der Waals surface area contributed by atoms with Crippen molar-refractivity contribution in [2.24, 2.45) is 17.1 Å². The Bertz CT molecular complexity index is 228. The topological polar surface area (TPSA) is 26.0 Å². The second-order valence-electron chi connectivity index (χ2n) is 4.66. The number of nitrogens with two attached hydrogens (primary N) is 1. The van der Waals surface area contributed by atoms with Gasteiger partial charge in [-0.2, -0.15) is 0 Å². The van der Waals surface area contributed by atoms with Crippen molar-refractivity contribution in [3.8, 4) is 0 Å². The van der Waals surface area contributed by atoms with Crippen LogP contribution in [0.2, 0.25) is 0 Å². The maximum atomic E-state index is 5.95.